The number of hydrogen-bond donors (Lipinski definition) is 0. The second kappa shape index (κ2) is 12.8. The van der Waals surface area contributed by atoms with Crippen molar-refractivity contribution < 1.29 is 22.8 Å². The molecule has 1 aliphatic rings. The van der Waals surface area contributed by atoms with Gasteiger partial charge >= 0.3 is 6.18 Å². The van der Waals surface area contributed by atoms with Crippen molar-refractivity contribution in [3.8, 4) is 6.07 Å². The number of hydrogen-bond acceptors (Lipinski definition) is 6. The lowest BCUT2D eigenvalue weighted by molar-refractivity contribution is -0.137. The third kappa shape index (κ3) is 6.60. The van der Waals surface area contributed by atoms with Crippen LogP contribution in [0.15, 0.2) is 85.3 Å². The molecule has 0 saturated carbocycles. The number of halogens is 3. The van der Waals surface area contributed by atoms with Crippen molar-refractivity contribution >= 4 is 50.7 Å². The van der Waals surface area contributed by atoms with E-state index < -0.39 is 23.2 Å². The Morgan fingerprint density at radius 3 is 2.49 bits per heavy atom. The standard InChI is InChI=1S/C33H26F3N5O2S2/c34-33(35,36)28-4-2-1-3-27(28)31(42)41(20-26-18-38-21-40(26)19-23-7-5-22(17-37)6-8-23)25-9-10-29-24(15-25)16-30(45-29)32(43)39-11-13-44-14-12-39/h1-10,15-16,18,21H,11-14,19-20H2. The van der Waals surface area contributed by atoms with Gasteiger partial charge in [-0.05, 0) is 59.5 Å². The van der Waals surface area contributed by atoms with Crippen molar-refractivity contribution in [3.05, 3.63) is 118 Å². The van der Waals surface area contributed by atoms with Crippen molar-refractivity contribution in [2.45, 2.75) is 19.3 Å². The van der Waals surface area contributed by atoms with Crippen LogP contribution in [0.4, 0.5) is 18.9 Å². The Balaban J connectivity index is 1.37. The maximum absolute atomic E-state index is 14.0. The Hall–Kier alpha value is -4.60. The van der Waals surface area contributed by atoms with Gasteiger partial charge in [-0.3, -0.25) is 9.59 Å². The number of imidazole rings is 1. The van der Waals surface area contributed by atoms with Gasteiger partial charge < -0.3 is 14.4 Å². The Labute approximate surface area is 265 Å². The van der Waals surface area contributed by atoms with Gasteiger partial charge in [0, 0.05) is 47.7 Å². The molecule has 1 aliphatic heterocycles. The van der Waals surface area contributed by atoms with E-state index in [1.54, 1.807) is 48.9 Å². The molecule has 6 rings (SSSR count). The summed E-state index contributed by atoms with van der Waals surface area (Å²) >= 11 is 3.17. The third-order valence-corrected chi connectivity index (χ3v) is 9.63. The average Bonchev–Trinajstić information content (AvgIpc) is 3.69. The van der Waals surface area contributed by atoms with Gasteiger partial charge in [-0.15, -0.1) is 11.3 Å². The summed E-state index contributed by atoms with van der Waals surface area (Å²) in [5, 5.41) is 9.84. The summed E-state index contributed by atoms with van der Waals surface area (Å²) in [5.74, 6) is 0.917. The molecule has 0 N–H and O–H groups in total. The third-order valence-electron chi connectivity index (χ3n) is 7.58. The molecule has 228 valence electrons. The zero-order valence-corrected chi connectivity index (χ0v) is 25.5. The second-order valence-electron chi connectivity index (χ2n) is 10.5. The monoisotopic (exact) mass is 645 g/mol. The van der Waals surface area contributed by atoms with Crippen LogP contribution in [0.1, 0.15) is 42.4 Å². The molecule has 12 heteroatoms. The molecular formula is C33H26F3N5O2S2. The van der Waals surface area contributed by atoms with Crippen molar-refractivity contribution in [1.29, 1.82) is 5.26 Å². The molecule has 1 fully saturated rings. The van der Waals surface area contributed by atoms with E-state index in [1.165, 1.54) is 34.4 Å². The molecule has 7 nitrogen and oxygen atoms in total. The molecule has 5 aromatic rings. The zero-order chi connectivity index (χ0) is 31.6. The van der Waals surface area contributed by atoms with E-state index in [4.69, 9.17) is 5.26 Å². The summed E-state index contributed by atoms with van der Waals surface area (Å²) in [4.78, 5) is 35.2. The maximum Gasteiger partial charge on any atom is 0.417 e. The number of carbonyl (C=O) groups excluding carboxylic acids is 2. The van der Waals surface area contributed by atoms with Gasteiger partial charge in [0.2, 0.25) is 0 Å². The molecule has 0 bridgehead atoms. The molecule has 2 amide bonds. The van der Waals surface area contributed by atoms with Gasteiger partial charge in [0.05, 0.1) is 46.2 Å². The van der Waals surface area contributed by atoms with Crippen molar-refractivity contribution in [2.75, 3.05) is 29.5 Å². The number of carbonyl (C=O) groups is 2. The fourth-order valence-electron chi connectivity index (χ4n) is 5.23. The van der Waals surface area contributed by atoms with Gasteiger partial charge in [-0.2, -0.15) is 30.2 Å². The first-order valence-corrected chi connectivity index (χ1v) is 16.0. The highest BCUT2D eigenvalue weighted by molar-refractivity contribution is 7.99. The van der Waals surface area contributed by atoms with Crippen LogP contribution in [0.25, 0.3) is 10.1 Å². The van der Waals surface area contributed by atoms with Crippen LogP contribution in [0.2, 0.25) is 0 Å². The Morgan fingerprint density at radius 2 is 1.76 bits per heavy atom. The molecule has 0 radical (unpaired) electrons. The minimum atomic E-state index is -4.73. The molecule has 0 unspecified atom stereocenters. The number of amides is 2. The highest BCUT2D eigenvalue weighted by Gasteiger charge is 2.36. The van der Waals surface area contributed by atoms with Crippen LogP contribution in [-0.2, 0) is 19.3 Å². The van der Waals surface area contributed by atoms with Gasteiger partial charge in [0.15, 0.2) is 0 Å². The number of anilines is 1. The topological polar surface area (TPSA) is 82.2 Å². The quantitative estimate of drug-likeness (QED) is 0.189. The molecule has 0 atom stereocenters. The van der Waals surface area contributed by atoms with E-state index in [0.717, 1.165) is 33.2 Å². The largest absolute Gasteiger partial charge is 0.417 e. The molecule has 45 heavy (non-hydrogen) atoms. The number of aromatic nitrogens is 2. The number of rotatable bonds is 7. The highest BCUT2D eigenvalue weighted by atomic mass is 32.2. The minimum Gasteiger partial charge on any atom is -0.336 e. The molecule has 0 aliphatic carbocycles. The first-order chi connectivity index (χ1) is 21.7. The van der Waals surface area contributed by atoms with E-state index in [2.05, 4.69) is 11.1 Å². The van der Waals surface area contributed by atoms with Crippen LogP contribution in [0.5, 0.6) is 0 Å². The van der Waals surface area contributed by atoms with Crippen LogP contribution in [0.3, 0.4) is 0 Å². The summed E-state index contributed by atoms with van der Waals surface area (Å²) in [6.45, 7) is 1.68. The van der Waals surface area contributed by atoms with Gasteiger partial charge in [-0.25, -0.2) is 4.98 Å². The molecular weight excluding hydrogens is 620 g/mol. The smallest absolute Gasteiger partial charge is 0.336 e. The van der Waals surface area contributed by atoms with Gasteiger partial charge in [-0.1, -0.05) is 24.3 Å². The number of nitrogens with zero attached hydrogens (tertiary/aromatic N) is 5. The first kappa shape index (κ1) is 30.4. The van der Waals surface area contributed by atoms with E-state index >= 15 is 0 Å². The van der Waals surface area contributed by atoms with Crippen LogP contribution >= 0.6 is 23.1 Å². The lowest BCUT2D eigenvalue weighted by Crippen LogP contribution is -2.37. The van der Waals surface area contributed by atoms with Crippen LogP contribution in [-0.4, -0.2) is 50.9 Å². The zero-order valence-electron chi connectivity index (χ0n) is 23.8. The summed E-state index contributed by atoms with van der Waals surface area (Å²) in [5.41, 5.74) is 0.914. The number of benzene rings is 3. The van der Waals surface area contributed by atoms with Crippen LogP contribution < -0.4 is 4.90 Å². The number of thiophene rings is 1. The number of alkyl halides is 3. The normalized spacial score (nSPS) is 13.5. The van der Waals surface area contributed by atoms with Gasteiger partial charge in [0.1, 0.15) is 0 Å². The summed E-state index contributed by atoms with van der Waals surface area (Å²) in [6.07, 6.45) is -1.55. The second-order valence-corrected chi connectivity index (χ2v) is 12.8. The molecule has 3 aromatic carbocycles. The van der Waals surface area contributed by atoms with E-state index in [1.807, 2.05) is 33.4 Å². The molecule has 0 spiro atoms. The van der Waals surface area contributed by atoms with E-state index in [0.29, 0.717) is 41.5 Å². The van der Waals surface area contributed by atoms with Crippen LogP contribution in [0, 0.1) is 11.3 Å². The SMILES string of the molecule is N#Cc1ccc(Cn2cncc2CN(C(=O)c2ccccc2C(F)(F)F)c2ccc3sc(C(=O)N4CCSCC4)cc3c2)cc1. The Kier molecular flexibility index (Phi) is 8.65. The average molecular weight is 646 g/mol. The molecule has 3 heterocycles. The maximum atomic E-state index is 14.0. The summed E-state index contributed by atoms with van der Waals surface area (Å²) in [6, 6.07) is 20.9. The summed E-state index contributed by atoms with van der Waals surface area (Å²) < 4.78 is 44.7. The number of nitriles is 1. The fraction of sp³-hybridized carbons (Fsp3) is 0.212. The number of thioether (sulfide) groups is 1. The first-order valence-electron chi connectivity index (χ1n) is 14.1. The predicted octanol–water partition coefficient (Wildman–Crippen LogP) is 7.07. The number of fused-ring (bicyclic) bond motifs is 1. The highest BCUT2D eigenvalue weighted by Crippen LogP contribution is 2.35. The van der Waals surface area contributed by atoms with Crippen molar-refractivity contribution in [2.24, 2.45) is 0 Å². The Bertz CT molecular complexity index is 1900. The lowest BCUT2D eigenvalue weighted by Gasteiger charge is -2.25. The Morgan fingerprint density at radius 1 is 1.00 bits per heavy atom. The minimum absolute atomic E-state index is 0.0446. The van der Waals surface area contributed by atoms with Crippen molar-refractivity contribution in [1.82, 2.24) is 14.5 Å². The van der Waals surface area contributed by atoms with E-state index in [9.17, 15) is 22.8 Å². The summed E-state index contributed by atoms with van der Waals surface area (Å²) in [7, 11) is 0. The molecule has 2 aromatic heterocycles. The van der Waals surface area contributed by atoms with Gasteiger partial charge in [0.25, 0.3) is 11.8 Å². The fourth-order valence-corrected chi connectivity index (χ4v) is 7.15. The van der Waals surface area contributed by atoms with E-state index in [-0.39, 0.29) is 12.5 Å². The lowest BCUT2D eigenvalue weighted by atomic mass is 10.0. The molecule has 1 saturated heterocycles. The van der Waals surface area contributed by atoms with Crippen molar-refractivity contribution in [3.63, 3.8) is 0 Å². The predicted molar refractivity (Wildman–Crippen MR) is 169 cm³/mol.